The van der Waals surface area contributed by atoms with Crippen LogP contribution in [-0.2, 0) is 22.6 Å². The van der Waals surface area contributed by atoms with Crippen molar-refractivity contribution in [1.29, 1.82) is 0 Å². The van der Waals surface area contributed by atoms with Crippen LogP contribution in [0.25, 0.3) is 0 Å². The molecule has 0 aromatic heterocycles. The lowest BCUT2D eigenvalue weighted by molar-refractivity contribution is -0.00429. The van der Waals surface area contributed by atoms with Crippen LogP contribution in [0.2, 0.25) is 0 Å². The first-order valence-corrected chi connectivity index (χ1v) is 11.0. The summed E-state index contributed by atoms with van der Waals surface area (Å²) in [7, 11) is 0. The Bertz CT molecular complexity index is 583. The van der Waals surface area contributed by atoms with Gasteiger partial charge in [0, 0.05) is 39.5 Å². The summed E-state index contributed by atoms with van der Waals surface area (Å²) in [6, 6.07) is 21.1. The van der Waals surface area contributed by atoms with Crippen LogP contribution < -0.4 is 0 Å². The van der Waals surface area contributed by atoms with Crippen LogP contribution in [0.4, 0.5) is 0 Å². The van der Waals surface area contributed by atoms with Crippen LogP contribution in [0.15, 0.2) is 60.7 Å². The Hall–Kier alpha value is -1.76. The Labute approximate surface area is 181 Å². The van der Waals surface area contributed by atoms with Gasteiger partial charge < -0.3 is 19.7 Å². The predicted octanol–water partition coefficient (Wildman–Crippen LogP) is 3.64. The van der Waals surface area contributed by atoms with E-state index in [4.69, 9.17) is 19.7 Å². The molecule has 2 N–H and O–H groups in total. The smallest absolute Gasteiger partial charge is 0.0644 e. The number of aliphatic hydroxyl groups excluding tert-OH is 2. The maximum Gasteiger partial charge on any atom is 0.0644 e. The fourth-order valence-electron chi connectivity index (χ4n) is 3.28. The summed E-state index contributed by atoms with van der Waals surface area (Å²) in [6.07, 6.45) is 3.25. The van der Waals surface area contributed by atoms with Gasteiger partial charge in [-0.25, -0.2) is 0 Å². The molecule has 5 nitrogen and oxygen atoms in total. The molecule has 0 bridgehead atoms. The van der Waals surface area contributed by atoms with E-state index in [1.165, 1.54) is 11.1 Å². The number of ether oxygens (including phenoxy) is 2. The quantitative estimate of drug-likeness (QED) is 0.386. The molecule has 30 heavy (non-hydrogen) atoms. The molecule has 5 heteroatoms. The van der Waals surface area contributed by atoms with Gasteiger partial charge in [0.1, 0.15) is 0 Å². The lowest BCUT2D eigenvalue weighted by atomic mass is 10.1. The summed E-state index contributed by atoms with van der Waals surface area (Å²) in [5.74, 6) is 0. The van der Waals surface area contributed by atoms with Crippen molar-refractivity contribution in [1.82, 2.24) is 4.90 Å². The number of rotatable bonds is 17. The second kappa shape index (κ2) is 16.0. The van der Waals surface area contributed by atoms with E-state index in [0.717, 1.165) is 38.8 Å². The first-order chi connectivity index (χ1) is 14.8. The molecule has 0 aliphatic carbocycles. The lowest BCUT2D eigenvalue weighted by Crippen LogP contribution is -2.41. The highest BCUT2D eigenvalue weighted by molar-refractivity contribution is 5.17. The van der Waals surface area contributed by atoms with Crippen molar-refractivity contribution in [3.8, 4) is 0 Å². The van der Waals surface area contributed by atoms with Gasteiger partial charge in [-0.1, -0.05) is 60.7 Å². The summed E-state index contributed by atoms with van der Waals surface area (Å²) in [5, 5.41) is 18.0. The van der Waals surface area contributed by atoms with Gasteiger partial charge in [-0.05, 0) is 36.8 Å². The number of unbranched alkanes of at least 4 members (excludes halogenated alkanes) is 2. The first kappa shape index (κ1) is 24.5. The van der Waals surface area contributed by atoms with E-state index >= 15 is 0 Å². The summed E-state index contributed by atoms with van der Waals surface area (Å²) >= 11 is 0. The van der Waals surface area contributed by atoms with Gasteiger partial charge in [0.2, 0.25) is 0 Å². The van der Waals surface area contributed by atoms with Crippen LogP contribution in [0, 0.1) is 0 Å². The first-order valence-electron chi connectivity index (χ1n) is 11.0. The van der Waals surface area contributed by atoms with Crippen LogP contribution in [0.1, 0.15) is 36.8 Å². The molecule has 0 fully saturated rings. The van der Waals surface area contributed by atoms with Gasteiger partial charge in [-0.3, -0.25) is 4.90 Å². The Balaban J connectivity index is 2.04. The predicted molar refractivity (Wildman–Crippen MR) is 120 cm³/mol. The SMILES string of the molecule is OCCCCOCC(COCCCCO)N(Cc1ccccc1)Cc1ccccc1. The molecule has 166 valence electrons. The monoisotopic (exact) mass is 415 g/mol. The van der Waals surface area contributed by atoms with Crippen LogP contribution in [-0.4, -0.2) is 60.8 Å². The summed E-state index contributed by atoms with van der Waals surface area (Å²) < 4.78 is 11.9. The average molecular weight is 416 g/mol. The van der Waals surface area contributed by atoms with Gasteiger partial charge >= 0.3 is 0 Å². The van der Waals surface area contributed by atoms with Crippen LogP contribution >= 0.6 is 0 Å². The van der Waals surface area contributed by atoms with Crippen LogP contribution in [0.3, 0.4) is 0 Å². The number of nitrogens with zero attached hydrogens (tertiary/aromatic N) is 1. The molecule has 0 unspecified atom stereocenters. The van der Waals surface area contributed by atoms with E-state index < -0.39 is 0 Å². The second-order valence-corrected chi connectivity index (χ2v) is 7.54. The molecule has 2 aromatic carbocycles. The van der Waals surface area contributed by atoms with Crippen molar-refractivity contribution in [3.63, 3.8) is 0 Å². The highest BCUT2D eigenvalue weighted by Crippen LogP contribution is 2.15. The van der Waals surface area contributed by atoms with Crippen molar-refractivity contribution in [2.75, 3.05) is 39.6 Å². The molecule has 0 heterocycles. The minimum Gasteiger partial charge on any atom is -0.396 e. The molecule has 0 atom stereocenters. The molecule has 0 radical (unpaired) electrons. The van der Waals surface area contributed by atoms with E-state index in [1.807, 2.05) is 12.1 Å². The molecule has 0 spiro atoms. The normalized spacial score (nSPS) is 11.5. The van der Waals surface area contributed by atoms with Crippen molar-refractivity contribution >= 4 is 0 Å². The molecule has 0 saturated heterocycles. The third kappa shape index (κ3) is 10.3. The molecule has 0 amide bonds. The number of hydrogen-bond donors (Lipinski definition) is 2. The summed E-state index contributed by atoms with van der Waals surface area (Å²) in [5.41, 5.74) is 2.53. The molecular weight excluding hydrogens is 378 g/mol. The fraction of sp³-hybridized carbons (Fsp3) is 0.520. The highest BCUT2D eigenvalue weighted by Gasteiger charge is 2.20. The Morgan fingerprint density at radius 2 is 1.07 bits per heavy atom. The van der Waals surface area contributed by atoms with Gasteiger partial charge in [0.25, 0.3) is 0 Å². The Kier molecular flexibility index (Phi) is 13.1. The molecule has 0 aliphatic rings. The largest absolute Gasteiger partial charge is 0.396 e. The zero-order valence-corrected chi connectivity index (χ0v) is 18.0. The fourth-order valence-corrected chi connectivity index (χ4v) is 3.28. The van der Waals surface area contributed by atoms with Crippen molar-refractivity contribution in [2.24, 2.45) is 0 Å². The molecule has 0 saturated carbocycles. The van der Waals surface area contributed by atoms with E-state index in [1.54, 1.807) is 0 Å². The van der Waals surface area contributed by atoms with Crippen molar-refractivity contribution in [3.05, 3.63) is 71.8 Å². The number of aliphatic hydroxyl groups is 2. The second-order valence-electron chi connectivity index (χ2n) is 7.54. The van der Waals surface area contributed by atoms with Crippen LogP contribution in [0.5, 0.6) is 0 Å². The maximum absolute atomic E-state index is 8.98. The summed E-state index contributed by atoms with van der Waals surface area (Å²) in [4.78, 5) is 2.42. The zero-order chi connectivity index (χ0) is 21.3. The number of benzene rings is 2. The average Bonchev–Trinajstić information content (AvgIpc) is 2.78. The highest BCUT2D eigenvalue weighted by atomic mass is 16.5. The minimum atomic E-state index is 0.119. The Morgan fingerprint density at radius 1 is 0.633 bits per heavy atom. The lowest BCUT2D eigenvalue weighted by Gasteiger charge is -2.32. The van der Waals surface area contributed by atoms with Gasteiger partial charge in [0.05, 0.1) is 19.3 Å². The van der Waals surface area contributed by atoms with E-state index in [0.29, 0.717) is 26.4 Å². The standard InChI is InChI=1S/C25H37NO4/c27-15-7-9-17-29-21-25(22-30-18-10-8-16-28)26(19-23-11-3-1-4-12-23)20-24-13-5-2-6-14-24/h1-6,11-14,25,27-28H,7-10,15-22H2. The van der Waals surface area contributed by atoms with Crippen molar-refractivity contribution in [2.45, 2.75) is 44.8 Å². The van der Waals surface area contributed by atoms with E-state index in [-0.39, 0.29) is 19.3 Å². The maximum atomic E-state index is 8.98. The number of hydrogen-bond acceptors (Lipinski definition) is 5. The van der Waals surface area contributed by atoms with Gasteiger partial charge in [-0.2, -0.15) is 0 Å². The van der Waals surface area contributed by atoms with E-state index in [9.17, 15) is 0 Å². The van der Waals surface area contributed by atoms with Gasteiger partial charge in [0.15, 0.2) is 0 Å². The third-order valence-corrected chi connectivity index (χ3v) is 4.99. The molecular formula is C25H37NO4. The molecule has 2 rings (SSSR count). The Morgan fingerprint density at radius 3 is 1.47 bits per heavy atom. The van der Waals surface area contributed by atoms with E-state index in [2.05, 4.69) is 53.4 Å². The van der Waals surface area contributed by atoms with Crippen molar-refractivity contribution < 1.29 is 19.7 Å². The van der Waals surface area contributed by atoms with Gasteiger partial charge in [-0.15, -0.1) is 0 Å². The third-order valence-electron chi connectivity index (χ3n) is 4.99. The zero-order valence-electron chi connectivity index (χ0n) is 18.0. The topological polar surface area (TPSA) is 62.2 Å². The summed E-state index contributed by atoms with van der Waals surface area (Å²) in [6.45, 7) is 4.51. The molecule has 2 aromatic rings. The minimum absolute atomic E-state index is 0.119. The molecule has 0 aliphatic heterocycles.